The van der Waals surface area contributed by atoms with Crippen molar-refractivity contribution in [1.29, 1.82) is 0 Å². The number of ether oxygens (including phenoxy) is 1. The van der Waals surface area contributed by atoms with Gasteiger partial charge in [0.05, 0.1) is 0 Å². The lowest BCUT2D eigenvalue weighted by molar-refractivity contribution is -0.118. The highest BCUT2D eigenvalue weighted by atomic mass is 16.5. The molecule has 0 saturated heterocycles. The van der Waals surface area contributed by atoms with Crippen molar-refractivity contribution in [2.45, 2.75) is 32.7 Å². The normalized spacial score (nSPS) is 11.1. The summed E-state index contributed by atoms with van der Waals surface area (Å²) in [5.74, 6) is 0.558. The topological polar surface area (TPSA) is 64.3 Å². The maximum atomic E-state index is 12.0. The molecule has 2 aromatic rings. The van der Waals surface area contributed by atoms with Crippen LogP contribution in [0.2, 0.25) is 0 Å². The van der Waals surface area contributed by atoms with E-state index in [0.29, 0.717) is 6.54 Å². The molecule has 23 heavy (non-hydrogen) atoms. The van der Waals surface area contributed by atoms with E-state index < -0.39 is 0 Å². The number of benzene rings is 2. The van der Waals surface area contributed by atoms with Gasteiger partial charge in [0.25, 0.3) is 5.91 Å². The minimum absolute atomic E-state index is 0.0221. The molecule has 1 amide bonds. The number of hydrogen-bond donors (Lipinski definition) is 2. The molecule has 0 heterocycles. The number of amides is 1. The van der Waals surface area contributed by atoms with Crippen LogP contribution in [0.4, 0.5) is 5.69 Å². The summed E-state index contributed by atoms with van der Waals surface area (Å²) in [5.41, 5.74) is 8.36. The molecule has 0 bridgehead atoms. The van der Waals surface area contributed by atoms with Crippen molar-refractivity contribution in [3.8, 4) is 5.75 Å². The Morgan fingerprint density at radius 2 is 1.74 bits per heavy atom. The van der Waals surface area contributed by atoms with Crippen molar-refractivity contribution >= 4 is 11.6 Å². The number of anilines is 1. The number of nitrogens with two attached hydrogens (primary N) is 1. The molecule has 0 aromatic heterocycles. The lowest BCUT2D eigenvalue weighted by atomic mass is 9.86. The molecule has 2 aromatic carbocycles. The third kappa shape index (κ3) is 4.83. The summed E-state index contributed by atoms with van der Waals surface area (Å²) in [6, 6.07) is 15.3. The highest BCUT2D eigenvalue weighted by molar-refractivity contribution is 5.91. The predicted octanol–water partition coefficient (Wildman–Crippen LogP) is 3.46. The van der Waals surface area contributed by atoms with Crippen LogP contribution < -0.4 is 15.8 Å². The van der Waals surface area contributed by atoms with Gasteiger partial charge in [0.15, 0.2) is 6.61 Å². The van der Waals surface area contributed by atoms with E-state index >= 15 is 0 Å². The Balaban J connectivity index is 1.97. The summed E-state index contributed by atoms with van der Waals surface area (Å²) in [6.07, 6.45) is 0. The summed E-state index contributed by atoms with van der Waals surface area (Å²) >= 11 is 0. The van der Waals surface area contributed by atoms with Crippen molar-refractivity contribution in [2.24, 2.45) is 5.73 Å². The van der Waals surface area contributed by atoms with E-state index in [2.05, 4.69) is 26.1 Å². The van der Waals surface area contributed by atoms with Crippen molar-refractivity contribution in [3.05, 3.63) is 59.7 Å². The van der Waals surface area contributed by atoms with Crippen molar-refractivity contribution < 1.29 is 9.53 Å². The fourth-order valence-electron chi connectivity index (χ4n) is 2.28. The number of nitrogens with one attached hydrogen (secondary N) is 1. The minimum atomic E-state index is -0.186. The van der Waals surface area contributed by atoms with E-state index in [1.165, 1.54) is 0 Å². The molecule has 0 aliphatic carbocycles. The molecule has 4 nitrogen and oxygen atoms in total. The molecular formula is C19H24N2O2. The van der Waals surface area contributed by atoms with Crippen LogP contribution in [0.3, 0.4) is 0 Å². The fourth-order valence-corrected chi connectivity index (χ4v) is 2.28. The Morgan fingerprint density at radius 3 is 2.35 bits per heavy atom. The fraction of sp³-hybridized carbons (Fsp3) is 0.316. The zero-order valence-electron chi connectivity index (χ0n) is 13.9. The van der Waals surface area contributed by atoms with Gasteiger partial charge >= 0.3 is 0 Å². The average Bonchev–Trinajstić information content (AvgIpc) is 2.53. The van der Waals surface area contributed by atoms with Gasteiger partial charge in [-0.1, -0.05) is 51.1 Å². The molecule has 122 valence electrons. The third-order valence-electron chi connectivity index (χ3n) is 3.53. The van der Waals surface area contributed by atoms with Crippen LogP contribution in [0.5, 0.6) is 5.75 Å². The molecule has 0 atom stereocenters. The summed E-state index contributed by atoms with van der Waals surface area (Å²) in [5, 5.41) is 2.82. The second-order valence-corrected chi connectivity index (χ2v) is 6.48. The van der Waals surface area contributed by atoms with Crippen molar-refractivity contribution in [1.82, 2.24) is 0 Å². The average molecular weight is 312 g/mol. The summed E-state index contributed by atoms with van der Waals surface area (Å²) in [7, 11) is 0. The second-order valence-electron chi connectivity index (χ2n) is 6.48. The van der Waals surface area contributed by atoms with Crippen LogP contribution in [0.1, 0.15) is 31.9 Å². The van der Waals surface area contributed by atoms with Crippen LogP contribution >= 0.6 is 0 Å². The SMILES string of the molecule is CC(C)(C)c1ccccc1OCC(=O)Nc1ccc(CN)cc1. The van der Waals surface area contributed by atoms with Crippen LogP contribution in [0.15, 0.2) is 48.5 Å². The zero-order chi connectivity index (χ0) is 16.9. The van der Waals surface area contributed by atoms with E-state index in [-0.39, 0.29) is 17.9 Å². The molecule has 4 heteroatoms. The summed E-state index contributed by atoms with van der Waals surface area (Å²) in [4.78, 5) is 12.0. The minimum Gasteiger partial charge on any atom is -0.483 e. The smallest absolute Gasteiger partial charge is 0.262 e. The first kappa shape index (κ1) is 17.0. The van der Waals surface area contributed by atoms with E-state index in [1.807, 2.05) is 48.5 Å². The van der Waals surface area contributed by atoms with Gasteiger partial charge < -0.3 is 15.8 Å². The van der Waals surface area contributed by atoms with Gasteiger partial charge in [0.2, 0.25) is 0 Å². The molecular weight excluding hydrogens is 288 g/mol. The van der Waals surface area contributed by atoms with Gasteiger partial charge in [-0.05, 0) is 34.7 Å². The van der Waals surface area contributed by atoms with Crippen LogP contribution in [-0.4, -0.2) is 12.5 Å². The van der Waals surface area contributed by atoms with Gasteiger partial charge in [-0.3, -0.25) is 4.79 Å². The first-order chi connectivity index (χ1) is 10.9. The Bertz CT molecular complexity index is 658. The van der Waals surface area contributed by atoms with Gasteiger partial charge in [0.1, 0.15) is 5.75 Å². The van der Waals surface area contributed by atoms with Crippen LogP contribution in [0.25, 0.3) is 0 Å². The maximum Gasteiger partial charge on any atom is 0.262 e. The lowest BCUT2D eigenvalue weighted by Crippen LogP contribution is -2.22. The standard InChI is InChI=1S/C19H24N2O2/c1-19(2,3)16-6-4-5-7-17(16)23-13-18(22)21-15-10-8-14(12-20)9-11-15/h4-11H,12-13,20H2,1-3H3,(H,21,22). The van der Waals surface area contributed by atoms with E-state index in [4.69, 9.17) is 10.5 Å². The van der Waals surface area contributed by atoms with Gasteiger partial charge in [-0.15, -0.1) is 0 Å². The van der Waals surface area contributed by atoms with Gasteiger partial charge in [0, 0.05) is 12.2 Å². The molecule has 0 fully saturated rings. The highest BCUT2D eigenvalue weighted by Crippen LogP contribution is 2.30. The van der Waals surface area contributed by atoms with Crippen molar-refractivity contribution in [3.63, 3.8) is 0 Å². The highest BCUT2D eigenvalue weighted by Gasteiger charge is 2.18. The van der Waals surface area contributed by atoms with Gasteiger partial charge in [-0.25, -0.2) is 0 Å². The lowest BCUT2D eigenvalue weighted by Gasteiger charge is -2.22. The molecule has 0 aliphatic rings. The Morgan fingerprint density at radius 1 is 1.09 bits per heavy atom. The monoisotopic (exact) mass is 312 g/mol. The summed E-state index contributed by atoms with van der Waals surface area (Å²) in [6.45, 7) is 6.82. The largest absolute Gasteiger partial charge is 0.483 e. The molecule has 0 saturated carbocycles. The first-order valence-electron chi connectivity index (χ1n) is 7.71. The quantitative estimate of drug-likeness (QED) is 0.888. The molecule has 0 radical (unpaired) electrons. The Labute approximate surface area is 137 Å². The van der Waals surface area contributed by atoms with Gasteiger partial charge in [-0.2, -0.15) is 0 Å². The number of carbonyl (C=O) groups is 1. The third-order valence-corrected chi connectivity index (χ3v) is 3.53. The van der Waals surface area contributed by atoms with E-state index in [9.17, 15) is 4.79 Å². The van der Waals surface area contributed by atoms with Crippen molar-refractivity contribution in [2.75, 3.05) is 11.9 Å². The Kier molecular flexibility index (Phi) is 5.40. The number of para-hydroxylation sites is 1. The first-order valence-corrected chi connectivity index (χ1v) is 7.71. The molecule has 0 unspecified atom stereocenters. The maximum absolute atomic E-state index is 12.0. The predicted molar refractivity (Wildman–Crippen MR) is 93.6 cm³/mol. The number of hydrogen-bond acceptors (Lipinski definition) is 3. The number of carbonyl (C=O) groups excluding carboxylic acids is 1. The van der Waals surface area contributed by atoms with Crippen LogP contribution in [0, 0.1) is 0 Å². The molecule has 3 N–H and O–H groups in total. The second kappa shape index (κ2) is 7.29. The van der Waals surface area contributed by atoms with E-state index in [1.54, 1.807) is 0 Å². The Hall–Kier alpha value is -2.33. The van der Waals surface area contributed by atoms with Crippen LogP contribution in [-0.2, 0) is 16.8 Å². The number of rotatable bonds is 5. The molecule has 0 aliphatic heterocycles. The molecule has 2 rings (SSSR count). The molecule has 0 spiro atoms. The summed E-state index contributed by atoms with van der Waals surface area (Å²) < 4.78 is 5.71. The zero-order valence-corrected chi connectivity index (χ0v) is 13.9. The van der Waals surface area contributed by atoms with E-state index in [0.717, 1.165) is 22.6 Å².